The fourth-order valence-electron chi connectivity index (χ4n) is 1.39. The highest BCUT2D eigenvalue weighted by molar-refractivity contribution is 9.10. The Morgan fingerprint density at radius 3 is 2.40 bits per heavy atom. The van der Waals surface area contributed by atoms with Crippen LogP contribution < -0.4 is 0 Å². The van der Waals surface area contributed by atoms with E-state index in [1.165, 1.54) is 0 Å². The molecule has 15 heavy (non-hydrogen) atoms. The molecule has 80 valence electrons. The average molecular weight is 271 g/mol. The van der Waals surface area contributed by atoms with E-state index < -0.39 is 0 Å². The molecule has 0 N–H and O–H groups in total. The molecule has 0 spiro atoms. The van der Waals surface area contributed by atoms with Gasteiger partial charge in [0.05, 0.1) is 0 Å². The van der Waals surface area contributed by atoms with E-state index in [0.717, 1.165) is 10.0 Å². The molecule has 0 unspecified atom stereocenters. The van der Waals surface area contributed by atoms with Crippen molar-refractivity contribution in [2.45, 2.75) is 12.7 Å². The molecule has 0 aromatic heterocycles. The highest BCUT2D eigenvalue weighted by atomic mass is 79.9. The molecule has 0 bridgehead atoms. The monoisotopic (exact) mass is 270 g/mol. The van der Waals surface area contributed by atoms with Gasteiger partial charge in [0.2, 0.25) is 0 Å². The third-order valence-corrected chi connectivity index (χ3v) is 2.70. The summed E-state index contributed by atoms with van der Waals surface area (Å²) in [6.45, 7) is 0.336. The zero-order valence-electron chi connectivity index (χ0n) is 8.11. The second-order valence-electron chi connectivity index (χ2n) is 3.42. The van der Waals surface area contributed by atoms with Crippen molar-refractivity contribution in [1.82, 2.24) is 0 Å². The van der Waals surface area contributed by atoms with Gasteiger partial charge in [0.1, 0.15) is 13.2 Å². The second-order valence-corrected chi connectivity index (χ2v) is 4.34. The molecular weight excluding hydrogens is 260 g/mol. The molecule has 1 aromatic carbocycles. The van der Waals surface area contributed by atoms with Gasteiger partial charge in [-0.2, -0.15) is 0 Å². The number of carbonyl (C=O) groups is 1. The van der Waals surface area contributed by atoms with Crippen LogP contribution in [0.5, 0.6) is 0 Å². The summed E-state index contributed by atoms with van der Waals surface area (Å²) in [6.07, 6.45) is 0.393. The largest absolute Gasteiger partial charge is 0.344 e. The first-order chi connectivity index (χ1) is 7.24. The number of rotatable bonds is 2. The lowest BCUT2D eigenvalue weighted by atomic mass is 10.1. The molecule has 0 atom stereocenters. The standard InChI is InChI=1S/C11H11BrO3/c12-9-3-1-8(2-4-9)5-11-14-6-10(13)7-15-11/h1-4,11H,5-7H2. The molecule has 1 fully saturated rings. The quantitative estimate of drug-likeness (QED) is 0.824. The highest BCUT2D eigenvalue weighted by Gasteiger charge is 2.19. The van der Waals surface area contributed by atoms with E-state index in [-0.39, 0.29) is 25.3 Å². The molecule has 3 nitrogen and oxygen atoms in total. The van der Waals surface area contributed by atoms with Gasteiger partial charge in [-0.3, -0.25) is 4.79 Å². The van der Waals surface area contributed by atoms with Crippen LogP contribution in [0, 0.1) is 0 Å². The molecule has 1 heterocycles. The number of hydrogen-bond donors (Lipinski definition) is 0. The maximum absolute atomic E-state index is 10.8. The first-order valence-corrected chi connectivity index (χ1v) is 5.53. The van der Waals surface area contributed by atoms with Crippen molar-refractivity contribution < 1.29 is 14.3 Å². The maximum atomic E-state index is 10.8. The van der Waals surface area contributed by atoms with Gasteiger partial charge < -0.3 is 9.47 Å². The molecule has 4 heteroatoms. The lowest BCUT2D eigenvalue weighted by Gasteiger charge is -2.22. The SMILES string of the molecule is O=C1COC(Cc2ccc(Br)cc2)OC1. The van der Waals surface area contributed by atoms with Gasteiger partial charge in [-0.15, -0.1) is 0 Å². The summed E-state index contributed by atoms with van der Waals surface area (Å²) in [4.78, 5) is 10.8. The van der Waals surface area contributed by atoms with E-state index in [9.17, 15) is 4.79 Å². The van der Waals surface area contributed by atoms with Crippen LogP contribution in [0.1, 0.15) is 5.56 Å². The summed E-state index contributed by atoms with van der Waals surface area (Å²) < 4.78 is 11.5. The fraction of sp³-hybridized carbons (Fsp3) is 0.364. The molecule has 1 aliphatic rings. The van der Waals surface area contributed by atoms with E-state index in [1.807, 2.05) is 24.3 Å². The Morgan fingerprint density at radius 1 is 1.20 bits per heavy atom. The van der Waals surface area contributed by atoms with Gasteiger partial charge in [0.25, 0.3) is 0 Å². The summed E-state index contributed by atoms with van der Waals surface area (Å²) in [5.74, 6) is 0.00190. The summed E-state index contributed by atoms with van der Waals surface area (Å²) in [7, 11) is 0. The molecule has 2 rings (SSSR count). The zero-order valence-corrected chi connectivity index (χ0v) is 9.70. The Bertz CT molecular complexity index is 337. The van der Waals surface area contributed by atoms with Crippen molar-refractivity contribution >= 4 is 21.7 Å². The molecule has 0 aliphatic carbocycles. The Balaban J connectivity index is 1.91. The molecule has 1 saturated heterocycles. The Labute approximate surface area is 96.5 Å². The predicted octanol–water partition coefficient (Wildman–Crippen LogP) is 1.93. The average Bonchev–Trinajstić information content (AvgIpc) is 2.25. The van der Waals surface area contributed by atoms with Crippen LogP contribution in [0.4, 0.5) is 0 Å². The Hall–Kier alpha value is -0.710. The van der Waals surface area contributed by atoms with Gasteiger partial charge in [-0.25, -0.2) is 0 Å². The van der Waals surface area contributed by atoms with Gasteiger partial charge in [0, 0.05) is 10.9 Å². The van der Waals surface area contributed by atoms with Crippen LogP contribution in [0.15, 0.2) is 28.7 Å². The molecule has 0 amide bonds. The highest BCUT2D eigenvalue weighted by Crippen LogP contribution is 2.14. The third-order valence-electron chi connectivity index (χ3n) is 2.18. The van der Waals surface area contributed by atoms with Gasteiger partial charge in [-0.05, 0) is 17.7 Å². The van der Waals surface area contributed by atoms with Crippen molar-refractivity contribution in [3.8, 4) is 0 Å². The maximum Gasteiger partial charge on any atom is 0.184 e. The van der Waals surface area contributed by atoms with Crippen molar-refractivity contribution in [2.24, 2.45) is 0 Å². The minimum absolute atomic E-state index is 0.00190. The van der Waals surface area contributed by atoms with Crippen LogP contribution in [0.2, 0.25) is 0 Å². The topological polar surface area (TPSA) is 35.5 Å². The van der Waals surface area contributed by atoms with Crippen LogP contribution in [-0.4, -0.2) is 25.3 Å². The molecule has 0 saturated carbocycles. The van der Waals surface area contributed by atoms with Crippen molar-refractivity contribution in [3.05, 3.63) is 34.3 Å². The number of halogens is 1. The number of benzene rings is 1. The lowest BCUT2D eigenvalue weighted by molar-refractivity contribution is -0.185. The van der Waals surface area contributed by atoms with Crippen molar-refractivity contribution in [2.75, 3.05) is 13.2 Å². The molecular formula is C11H11BrO3. The fourth-order valence-corrected chi connectivity index (χ4v) is 1.66. The Kier molecular flexibility index (Phi) is 3.51. The second kappa shape index (κ2) is 4.88. The van der Waals surface area contributed by atoms with Gasteiger partial charge in [-0.1, -0.05) is 28.1 Å². The zero-order chi connectivity index (χ0) is 10.7. The minimum Gasteiger partial charge on any atom is -0.344 e. The van der Waals surface area contributed by atoms with Crippen LogP contribution in [0.3, 0.4) is 0 Å². The number of hydrogen-bond acceptors (Lipinski definition) is 3. The number of ether oxygens (including phenoxy) is 2. The molecule has 1 aromatic rings. The van der Waals surface area contributed by atoms with Crippen LogP contribution in [-0.2, 0) is 20.7 Å². The van der Waals surface area contributed by atoms with Crippen molar-refractivity contribution in [1.29, 1.82) is 0 Å². The van der Waals surface area contributed by atoms with E-state index >= 15 is 0 Å². The number of ketones is 1. The normalized spacial score (nSPS) is 18.1. The van der Waals surface area contributed by atoms with E-state index in [2.05, 4.69) is 15.9 Å². The summed E-state index contributed by atoms with van der Waals surface area (Å²) in [5.41, 5.74) is 1.14. The smallest absolute Gasteiger partial charge is 0.184 e. The van der Waals surface area contributed by atoms with Gasteiger partial charge >= 0.3 is 0 Å². The molecule has 0 radical (unpaired) electrons. The first kappa shape index (κ1) is 10.8. The lowest BCUT2D eigenvalue weighted by Crippen LogP contribution is -2.33. The predicted molar refractivity (Wildman–Crippen MR) is 58.5 cm³/mol. The first-order valence-electron chi connectivity index (χ1n) is 4.73. The minimum atomic E-state index is -0.288. The van der Waals surface area contributed by atoms with Crippen LogP contribution >= 0.6 is 15.9 Å². The third kappa shape index (κ3) is 3.12. The number of carbonyl (C=O) groups excluding carboxylic acids is 1. The summed E-state index contributed by atoms with van der Waals surface area (Å²) in [5, 5.41) is 0. The van der Waals surface area contributed by atoms with E-state index in [0.29, 0.717) is 6.42 Å². The summed E-state index contributed by atoms with van der Waals surface area (Å²) in [6, 6.07) is 7.97. The van der Waals surface area contributed by atoms with E-state index in [1.54, 1.807) is 0 Å². The van der Waals surface area contributed by atoms with Crippen molar-refractivity contribution in [3.63, 3.8) is 0 Å². The van der Waals surface area contributed by atoms with Crippen LogP contribution in [0.25, 0.3) is 0 Å². The van der Waals surface area contributed by atoms with E-state index in [4.69, 9.17) is 9.47 Å². The van der Waals surface area contributed by atoms with Gasteiger partial charge in [0.15, 0.2) is 12.1 Å². The Morgan fingerprint density at radius 2 is 1.80 bits per heavy atom. The number of Topliss-reactive ketones (excluding diaryl/α,β-unsaturated/α-hetero) is 1. The summed E-state index contributed by atoms with van der Waals surface area (Å²) >= 11 is 3.37. The molecule has 1 aliphatic heterocycles.